The SMILES string of the molecule is Cc1ccc(F)cc1OCCC(C)(C)C(=O)O. The van der Waals surface area contributed by atoms with Crippen LogP contribution in [0, 0.1) is 18.2 Å². The van der Waals surface area contributed by atoms with Crippen molar-refractivity contribution in [3.05, 3.63) is 29.6 Å². The Bertz CT molecular complexity index is 413. The van der Waals surface area contributed by atoms with E-state index in [9.17, 15) is 9.18 Å². The molecule has 0 aliphatic heterocycles. The maximum Gasteiger partial charge on any atom is 0.309 e. The van der Waals surface area contributed by atoms with Gasteiger partial charge in [0.15, 0.2) is 0 Å². The molecule has 0 fully saturated rings. The minimum Gasteiger partial charge on any atom is -0.493 e. The van der Waals surface area contributed by atoms with E-state index in [1.165, 1.54) is 12.1 Å². The van der Waals surface area contributed by atoms with Crippen molar-refractivity contribution in [1.29, 1.82) is 0 Å². The molecule has 1 rings (SSSR count). The monoisotopic (exact) mass is 240 g/mol. The van der Waals surface area contributed by atoms with Gasteiger partial charge >= 0.3 is 5.97 Å². The average Bonchev–Trinajstić information content (AvgIpc) is 2.22. The Morgan fingerprint density at radius 2 is 2.12 bits per heavy atom. The lowest BCUT2D eigenvalue weighted by atomic mass is 9.90. The van der Waals surface area contributed by atoms with Gasteiger partial charge in [0.25, 0.3) is 0 Å². The van der Waals surface area contributed by atoms with Crippen molar-refractivity contribution >= 4 is 5.97 Å². The minimum absolute atomic E-state index is 0.254. The summed E-state index contributed by atoms with van der Waals surface area (Å²) in [6, 6.07) is 4.31. The van der Waals surface area contributed by atoms with Crippen LogP contribution in [0.15, 0.2) is 18.2 Å². The Hall–Kier alpha value is -1.58. The van der Waals surface area contributed by atoms with Crippen LogP contribution in [-0.2, 0) is 4.79 Å². The fraction of sp³-hybridized carbons (Fsp3) is 0.462. The normalized spacial score (nSPS) is 11.3. The number of benzene rings is 1. The number of carbonyl (C=O) groups is 1. The Balaban J connectivity index is 2.57. The topological polar surface area (TPSA) is 46.5 Å². The summed E-state index contributed by atoms with van der Waals surface area (Å²) in [6.07, 6.45) is 0.373. The zero-order valence-electron chi connectivity index (χ0n) is 10.3. The van der Waals surface area contributed by atoms with Gasteiger partial charge in [-0.15, -0.1) is 0 Å². The van der Waals surface area contributed by atoms with Crippen molar-refractivity contribution in [1.82, 2.24) is 0 Å². The Kier molecular flexibility index (Phi) is 4.10. The van der Waals surface area contributed by atoms with Crippen molar-refractivity contribution in [2.75, 3.05) is 6.61 Å². The first-order valence-corrected chi connectivity index (χ1v) is 5.45. The minimum atomic E-state index is -0.864. The Morgan fingerprint density at radius 3 is 2.71 bits per heavy atom. The highest BCUT2D eigenvalue weighted by Crippen LogP contribution is 2.23. The second-order valence-electron chi connectivity index (χ2n) is 4.70. The molecule has 0 saturated heterocycles. The van der Waals surface area contributed by atoms with Crippen molar-refractivity contribution in [2.45, 2.75) is 27.2 Å². The second kappa shape index (κ2) is 5.17. The molecule has 0 atom stereocenters. The van der Waals surface area contributed by atoms with Gasteiger partial charge in [-0.2, -0.15) is 0 Å². The van der Waals surface area contributed by atoms with Gasteiger partial charge in [0.05, 0.1) is 12.0 Å². The summed E-state index contributed by atoms with van der Waals surface area (Å²) < 4.78 is 18.4. The number of hydrogen-bond acceptors (Lipinski definition) is 2. The van der Waals surface area contributed by atoms with Crippen LogP contribution in [0.5, 0.6) is 5.75 Å². The Labute approximate surface area is 100 Å². The third-order valence-electron chi connectivity index (χ3n) is 2.71. The standard InChI is InChI=1S/C13H17FO3/c1-9-4-5-10(14)8-11(9)17-7-6-13(2,3)12(15)16/h4-5,8H,6-7H2,1-3H3,(H,15,16). The van der Waals surface area contributed by atoms with E-state index >= 15 is 0 Å². The van der Waals surface area contributed by atoms with Gasteiger partial charge in [-0.25, -0.2) is 4.39 Å². The number of hydrogen-bond donors (Lipinski definition) is 1. The zero-order valence-corrected chi connectivity index (χ0v) is 10.3. The maximum absolute atomic E-state index is 13.0. The number of rotatable bonds is 5. The molecular formula is C13H17FO3. The van der Waals surface area contributed by atoms with E-state index in [4.69, 9.17) is 9.84 Å². The van der Waals surface area contributed by atoms with Crippen LogP contribution in [0.1, 0.15) is 25.8 Å². The van der Waals surface area contributed by atoms with Crippen molar-refractivity contribution in [3.63, 3.8) is 0 Å². The van der Waals surface area contributed by atoms with Gasteiger partial charge < -0.3 is 9.84 Å². The summed E-state index contributed by atoms with van der Waals surface area (Å²) in [6.45, 7) is 5.34. The van der Waals surface area contributed by atoms with Gasteiger partial charge in [-0.1, -0.05) is 6.07 Å². The van der Waals surface area contributed by atoms with Crippen LogP contribution in [0.2, 0.25) is 0 Å². The molecule has 0 spiro atoms. The number of aryl methyl sites for hydroxylation is 1. The molecule has 17 heavy (non-hydrogen) atoms. The smallest absolute Gasteiger partial charge is 0.309 e. The zero-order chi connectivity index (χ0) is 13.1. The summed E-state index contributed by atoms with van der Waals surface area (Å²) in [4.78, 5) is 10.9. The molecule has 0 amide bonds. The van der Waals surface area contributed by atoms with Crippen LogP contribution >= 0.6 is 0 Å². The quantitative estimate of drug-likeness (QED) is 0.860. The van der Waals surface area contributed by atoms with Crippen LogP contribution in [-0.4, -0.2) is 17.7 Å². The number of aliphatic carboxylic acids is 1. The highest BCUT2D eigenvalue weighted by molar-refractivity contribution is 5.73. The van der Waals surface area contributed by atoms with Gasteiger partial charge in [0.2, 0.25) is 0 Å². The van der Waals surface area contributed by atoms with Crippen molar-refractivity contribution in [3.8, 4) is 5.75 Å². The third-order valence-corrected chi connectivity index (χ3v) is 2.71. The summed E-state index contributed by atoms with van der Waals surface area (Å²) in [5.74, 6) is -0.758. The van der Waals surface area contributed by atoms with E-state index in [1.807, 2.05) is 6.92 Å². The molecule has 0 aromatic heterocycles. The fourth-order valence-corrected chi connectivity index (χ4v) is 1.25. The number of halogens is 1. The van der Waals surface area contributed by atoms with Gasteiger partial charge in [0.1, 0.15) is 11.6 Å². The average molecular weight is 240 g/mol. The number of ether oxygens (including phenoxy) is 1. The molecule has 0 heterocycles. The van der Waals surface area contributed by atoms with E-state index in [2.05, 4.69) is 0 Å². The van der Waals surface area contributed by atoms with Crippen molar-refractivity contribution in [2.24, 2.45) is 5.41 Å². The van der Waals surface area contributed by atoms with Crippen molar-refractivity contribution < 1.29 is 19.0 Å². The lowest BCUT2D eigenvalue weighted by molar-refractivity contribution is -0.147. The molecule has 94 valence electrons. The number of carboxylic acids is 1. The molecule has 4 heteroatoms. The fourth-order valence-electron chi connectivity index (χ4n) is 1.25. The largest absolute Gasteiger partial charge is 0.493 e. The summed E-state index contributed by atoms with van der Waals surface area (Å²) >= 11 is 0. The number of carboxylic acid groups (broad SMARTS) is 1. The van der Waals surface area contributed by atoms with Crippen LogP contribution in [0.4, 0.5) is 4.39 Å². The first-order valence-electron chi connectivity index (χ1n) is 5.45. The molecule has 0 saturated carbocycles. The first-order chi connectivity index (χ1) is 7.83. The van der Waals surface area contributed by atoms with E-state index in [0.717, 1.165) is 5.56 Å². The van der Waals surface area contributed by atoms with E-state index in [-0.39, 0.29) is 12.4 Å². The van der Waals surface area contributed by atoms with Gasteiger partial charge in [0, 0.05) is 6.07 Å². The lowest BCUT2D eigenvalue weighted by Crippen LogP contribution is -2.25. The predicted molar refractivity (Wildman–Crippen MR) is 62.7 cm³/mol. The molecule has 1 aromatic carbocycles. The summed E-state index contributed by atoms with van der Waals surface area (Å²) in [5.41, 5.74) is 0.000786. The molecule has 0 radical (unpaired) electrons. The Morgan fingerprint density at radius 1 is 1.47 bits per heavy atom. The molecule has 0 aliphatic rings. The lowest BCUT2D eigenvalue weighted by Gasteiger charge is -2.19. The van der Waals surface area contributed by atoms with Gasteiger partial charge in [-0.05, 0) is 38.8 Å². The highest BCUT2D eigenvalue weighted by Gasteiger charge is 2.26. The predicted octanol–water partition coefficient (Wildman–Crippen LogP) is 3.01. The first kappa shape index (κ1) is 13.5. The molecule has 1 aromatic rings. The maximum atomic E-state index is 13.0. The summed E-state index contributed by atoms with van der Waals surface area (Å²) in [7, 11) is 0. The van der Waals surface area contributed by atoms with Gasteiger partial charge in [-0.3, -0.25) is 4.79 Å². The van der Waals surface area contributed by atoms with Crippen LogP contribution in [0.3, 0.4) is 0 Å². The molecular weight excluding hydrogens is 223 g/mol. The molecule has 0 aliphatic carbocycles. The van der Waals surface area contributed by atoms with E-state index in [0.29, 0.717) is 12.2 Å². The molecule has 0 unspecified atom stereocenters. The highest BCUT2D eigenvalue weighted by atomic mass is 19.1. The van der Waals surface area contributed by atoms with E-state index < -0.39 is 11.4 Å². The summed E-state index contributed by atoms with van der Waals surface area (Å²) in [5, 5.41) is 8.92. The second-order valence-corrected chi connectivity index (χ2v) is 4.70. The van der Waals surface area contributed by atoms with Crippen LogP contribution in [0.25, 0.3) is 0 Å². The molecule has 0 bridgehead atoms. The molecule has 3 nitrogen and oxygen atoms in total. The van der Waals surface area contributed by atoms with Crippen LogP contribution < -0.4 is 4.74 Å². The molecule has 1 N–H and O–H groups in total. The van der Waals surface area contributed by atoms with E-state index in [1.54, 1.807) is 19.9 Å². The third kappa shape index (κ3) is 3.73.